The molecule has 46 heavy (non-hydrogen) atoms. The van der Waals surface area contributed by atoms with Crippen LogP contribution in [0.5, 0.6) is 0 Å². The molecule has 2 amide bonds. The smallest absolute Gasteiger partial charge is 0.248 e. The monoisotopic (exact) mass is 679 g/mol. The van der Waals surface area contributed by atoms with Gasteiger partial charge in [-0.05, 0) is 53.9 Å². The topological polar surface area (TPSA) is 167 Å². The van der Waals surface area contributed by atoms with E-state index >= 15 is 0 Å². The molecule has 5 aromatic heterocycles. The van der Waals surface area contributed by atoms with Gasteiger partial charge in [-0.25, -0.2) is 19.9 Å². The van der Waals surface area contributed by atoms with Gasteiger partial charge >= 0.3 is 0 Å². The maximum Gasteiger partial charge on any atom is 0.248 e. The molecule has 7 rings (SSSR count). The van der Waals surface area contributed by atoms with Gasteiger partial charge in [0.2, 0.25) is 11.8 Å². The second kappa shape index (κ2) is 11.2. The Hall–Kier alpha value is -5.36. The van der Waals surface area contributed by atoms with Crippen molar-refractivity contribution >= 4 is 50.2 Å². The van der Waals surface area contributed by atoms with Crippen LogP contribution >= 0.6 is 15.9 Å². The van der Waals surface area contributed by atoms with E-state index in [0.29, 0.717) is 45.0 Å². The molecule has 2 aliphatic rings. The van der Waals surface area contributed by atoms with Gasteiger partial charge in [0.1, 0.15) is 53.2 Å². The van der Waals surface area contributed by atoms with E-state index in [1.54, 1.807) is 48.7 Å². The predicted molar refractivity (Wildman–Crippen MR) is 168 cm³/mol. The minimum atomic E-state index is -0.871. The first-order chi connectivity index (χ1) is 22.1. The summed E-state index contributed by atoms with van der Waals surface area (Å²) in [6.45, 7) is 5.17. The van der Waals surface area contributed by atoms with Crippen molar-refractivity contribution in [3.8, 4) is 23.1 Å². The van der Waals surface area contributed by atoms with Crippen molar-refractivity contribution < 1.29 is 14.4 Å². The number of hydrogen-bond donors (Lipinski definition) is 1. The summed E-state index contributed by atoms with van der Waals surface area (Å²) in [5.41, 5.74) is 2.02. The van der Waals surface area contributed by atoms with Crippen LogP contribution in [0.15, 0.2) is 54.0 Å². The average molecular weight is 681 g/mol. The van der Waals surface area contributed by atoms with Crippen molar-refractivity contribution in [2.45, 2.75) is 52.4 Å². The SMILES string of the molecule is CC(=O)c1nn(CC(=O)N2[C@H](C(=O)Nc3nc(Br)ccc3C)C[C@@]3(Cn4cncn4)C#C[C@@H]23)c2cnc(-c3cnc(C)nc3)cc12. The fraction of sp³-hybridized carbons (Fsp3) is 0.290. The summed E-state index contributed by atoms with van der Waals surface area (Å²) in [6.07, 6.45) is 8.20. The Bertz CT molecular complexity index is 2100. The highest BCUT2D eigenvalue weighted by Gasteiger charge is 2.58. The molecule has 0 aromatic carbocycles. The Morgan fingerprint density at radius 2 is 1.93 bits per heavy atom. The van der Waals surface area contributed by atoms with Gasteiger partial charge in [-0.15, -0.1) is 0 Å². The molecule has 15 heteroatoms. The zero-order chi connectivity index (χ0) is 32.2. The predicted octanol–water partition coefficient (Wildman–Crippen LogP) is 2.77. The highest BCUT2D eigenvalue weighted by molar-refractivity contribution is 9.10. The summed E-state index contributed by atoms with van der Waals surface area (Å²) in [5.74, 6) is 6.33. The first-order valence-corrected chi connectivity index (χ1v) is 15.2. The van der Waals surface area contributed by atoms with Gasteiger partial charge in [0.15, 0.2) is 5.78 Å². The molecule has 0 spiro atoms. The van der Waals surface area contributed by atoms with Crippen LogP contribution in [0.1, 0.15) is 35.2 Å². The number of pyridine rings is 2. The van der Waals surface area contributed by atoms with Crippen LogP contribution in [0.2, 0.25) is 0 Å². The first-order valence-electron chi connectivity index (χ1n) is 14.4. The van der Waals surface area contributed by atoms with E-state index in [4.69, 9.17) is 0 Å². The maximum absolute atomic E-state index is 14.2. The number of ketones is 1. The van der Waals surface area contributed by atoms with Crippen LogP contribution in [0.25, 0.3) is 22.2 Å². The molecule has 14 nitrogen and oxygen atoms in total. The molecule has 230 valence electrons. The fourth-order valence-electron chi connectivity index (χ4n) is 5.97. The van der Waals surface area contributed by atoms with Crippen LogP contribution in [0, 0.1) is 31.1 Å². The van der Waals surface area contributed by atoms with Gasteiger partial charge in [-0.1, -0.05) is 17.9 Å². The Morgan fingerprint density at radius 3 is 2.63 bits per heavy atom. The van der Waals surface area contributed by atoms with E-state index in [0.717, 1.165) is 5.56 Å². The number of likely N-dealkylation sites (tertiary alicyclic amines) is 1. The number of fused-ring (bicyclic) bond motifs is 2. The van der Waals surface area contributed by atoms with Gasteiger partial charge in [0.25, 0.3) is 0 Å². The molecule has 5 aromatic rings. The normalized spacial score (nSPS) is 19.7. The number of rotatable bonds is 8. The molecular weight excluding hydrogens is 654 g/mol. The van der Waals surface area contributed by atoms with E-state index in [9.17, 15) is 14.4 Å². The molecule has 0 unspecified atom stereocenters. The van der Waals surface area contributed by atoms with Crippen LogP contribution in [-0.4, -0.2) is 79.1 Å². The maximum atomic E-state index is 14.2. The number of Topliss-reactive ketones (excluding diaryl/α,β-unsaturated/α-hetero) is 1. The lowest BCUT2D eigenvalue weighted by Gasteiger charge is -2.36. The molecular formula is C31H26BrN11O3. The van der Waals surface area contributed by atoms with Crippen molar-refractivity contribution in [1.29, 1.82) is 0 Å². The average Bonchev–Trinajstić information content (AvgIpc) is 3.72. The summed E-state index contributed by atoms with van der Waals surface area (Å²) in [5, 5.41) is 12.2. The summed E-state index contributed by atoms with van der Waals surface area (Å²) >= 11 is 3.36. The zero-order valence-corrected chi connectivity index (χ0v) is 26.6. The molecule has 0 saturated carbocycles. The Kier molecular flexibility index (Phi) is 7.16. The lowest BCUT2D eigenvalue weighted by atomic mass is 9.73. The van der Waals surface area contributed by atoms with Crippen molar-refractivity contribution in [1.82, 2.24) is 49.4 Å². The molecule has 0 radical (unpaired) electrons. The number of aryl methyl sites for hydroxylation is 2. The van der Waals surface area contributed by atoms with E-state index in [2.05, 4.69) is 68.2 Å². The number of aromatic nitrogens is 9. The number of carbonyl (C=O) groups excluding carboxylic acids is 3. The third-order valence-electron chi connectivity index (χ3n) is 8.29. The molecule has 1 fully saturated rings. The number of amides is 2. The van der Waals surface area contributed by atoms with Gasteiger partial charge in [0.05, 0.1) is 29.4 Å². The number of carbonyl (C=O) groups is 3. The van der Waals surface area contributed by atoms with Crippen LogP contribution in [0.3, 0.4) is 0 Å². The van der Waals surface area contributed by atoms with Gasteiger partial charge < -0.3 is 10.2 Å². The minimum absolute atomic E-state index is 0.204. The summed E-state index contributed by atoms with van der Waals surface area (Å²) in [4.78, 5) is 63.8. The summed E-state index contributed by atoms with van der Waals surface area (Å²) in [6, 6.07) is 3.95. The highest BCUT2D eigenvalue weighted by Crippen LogP contribution is 2.46. The van der Waals surface area contributed by atoms with Crippen LogP contribution < -0.4 is 5.32 Å². The first kappa shape index (κ1) is 29.4. The largest absolute Gasteiger partial charge is 0.313 e. The van der Waals surface area contributed by atoms with Crippen molar-refractivity contribution in [3.63, 3.8) is 0 Å². The molecule has 1 aliphatic carbocycles. The van der Waals surface area contributed by atoms with Gasteiger partial charge in [-0.2, -0.15) is 10.2 Å². The summed E-state index contributed by atoms with van der Waals surface area (Å²) in [7, 11) is 0. The van der Waals surface area contributed by atoms with Crippen molar-refractivity contribution in [3.05, 3.63) is 71.1 Å². The molecule has 1 saturated heterocycles. The Labute approximate surface area is 270 Å². The molecule has 6 heterocycles. The molecule has 1 aliphatic heterocycles. The van der Waals surface area contributed by atoms with Crippen LogP contribution in [-0.2, 0) is 22.7 Å². The number of halogens is 1. The lowest BCUT2D eigenvalue weighted by Crippen LogP contribution is -2.52. The summed E-state index contributed by atoms with van der Waals surface area (Å²) < 4.78 is 3.68. The van der Waals surface area contributed by atoms with E-state index in [1.807, 2.05) is 13.0 Å². The number of anilines is 1. The van der Waals surface area contributed by atoms with E-state index in [1.165, 1.54) is 22.8 Å². The Balaban J connectivity index is 1.22. The molecule has 1 N–H and O–H groups in total. The highest BCUT2D eigenvalue weighted by atomic mass is 79.9. The van der Waals surface area contributed by atoms with E-state index in [-0.39, 0.29) is 36.3 Å². The van der Waals surface area contributed by atoms with E-state index < -0.39 is 17.5 Å². The zero-order valence-electron chi connectivity index (χ0n) is 25.0. The third kappa shape index (κ3) is 5.10. The second-order valence-corrected chi connectivity index (χ2v) is 12.2. The molecule has 0 bridgehead atoms. The Morgan fingerprint density at radius 1 is 1.13 bits per heavy atom. The number of nitrogens with zero attached hydrogens (tertiary/aromatic N) is 10. The quantitative estimate of drug-likeness (QED) is 0.146. The van der Waals surface area contributed by atoms with Crippen molar-refractivity contribution in [2.75, 3.05) is 5.32 Å². The van der Waals surface area contributed by atoms with Crippen LogP contribution in [0.4, 0.5) is 5.82 Å². The third-order valence-corrected chi connectivity index (χ3v) is 8.73. The number of nitrogens with one attached hydrogen (secondary N) is 1. The second-order valence-electron chi connectivity index (χ2n) is 11.4. The standard InChI is InChI=1S/C31H26BrN11O3/c1-17-4-5-26(32)38-29(17)39-30(46)23-9-31(14-41-16-33-15-37-41)7-6-25(31)43(23)27(45)13-42-24-12-36-22(20-10-34-19(3)35-11-20)8-21(24)28(40-42)18(2)44/h4-5,8,10-12,15-16,23,25H,9,13-14H2,1-3H3,(H,38,39,46)/t23-,25+,31+/m0/s1. The number of hydrogen-bond acceptors (Lipinski definition) is 10. The minimum Gasteiger partial charge on any atom is -0.313 e. The lowest BCUT2D eigenvalue weighted by molar-refractivity contribution is -0.138. The van der Waals surface area contributed by atoms with Crippen molar-refractivity contribution in [2.24, 2.45) is 5.41 Å². The fourth-order valence-corrected chi connectivity index (χ4v) is 6.28. The van der Waals surface area contributed by atoms with Gasteiger partial charge in [-0.3, -0.25) is 28.7 Å². The molecule has 3 atom stereocenters. The van der Waals surface area contributed by atoms with Gasteiger partial charge in [0, 0.05) is 30.3 Å².